The third-order valence-electron chi connectivity index (χ3n) is 4.32. The van der Waals surface area contributed by atoms with Crippen LogP contribution in [0.5, 0.6) is 0 Å². The fourth-order valence-corrected chi connectivity index (χ4v) is 3.77. The van der Waals surface area contributed by atoms with Gasteiger partial charge in [0.05, 0.1) is 11.8 Å². The molecular weight excluding hydrogens is 312 g/mol. The standard InChI is InChI=1S/C15H24N6OS/c1-4-23-11(2)14-17-13(22-19-14)9-21-7-5-12(6-8-21)15-18-16-10-20(15)3/h10-12H,4-9H2,1-3H3/t11-/m0/s1. The minimum absolute atomic E-state index is 0.291. The highest BCUT2D eigenvalue weighted by atomic mass is 32.2. The number of likely N-dealkylation sites (tertiary alicyclic amines) is 1. The van der Waals surface area contributed by atoms with Gasteiger partial charge >= 0.3 is 0 Å². The summed E-state index contributed by atoms with van der Waals surface area (Å²) in [5, 5.41) is 12.6. The van der Waals surface area contributed by atoms with Gasteiger partial charge in [-0.15, -0.1) is 10.2 Å². The van der Waals surface area contributed by atoms with E-state index < -0.39 is 0 Å². The van der Waals surface area contributed by atoms with Crippen LogP contribution in [0.2, 0.25) is 0 Å². The Kier molecular flexibility index (Phi) is 5.32. The molecule has 2 aromatic heterocycles. The average molecular weight is 336 g/mol. The zero-order valence-electron chi connectivity index (χ0n) is 14.0. The van der Waals surface area contributed by atoms with E-state index >= 15 is 0 Å². The molecule has 1 atom stereocenters. The van der Waals surface area contributed by atoms with Crippen molar-refractivity contribution in [2.75, 3.05) is 18.8 Å². The Morgan fingerprint density at radius 3 is 2.83 bits per heavy atom. The van der Waals surface area contributed by atoms with E-state index in [0.29, 0.717) is 11.2 Å². The Labute approximate surface area is 140 Å². The van der Waals surface area contributed by atoms with Crippen molar-refractivity contribution >= 4 is 11.8 Å². The lowest BCUT2D eigenvalue weighted by atomic mass is 9.96. The second-order valence-electron chi connectivity index (χ2n) is 5.99. The van der Waals surface area contributed by atoms with Crippen molar-refractivity contribution in [2.24, 2.45) is 7.05 Å². The van der Waals surface area contributed by atoms with Crippen molar-refractivity contribution < 1.29 is 4.52 Å². The van der Waals surface area contributed by atoms with Gasteiger partial charge in [-0.05, 0) is 38.6 Å². The Morgan fingerprint density at radius 1 is 1.39 bits per heavy atom. The fraction of sp³-hybridized carbons (Fsp3) is 0.733. The molecule has 7 nitrogen and oxygen atoms in total. The van der Waals surface area contributed by atoms with Crippen LogP contribution in [0.4, 0.5) is 0 Å². The van der Waals surface area contributed by atoms with Crippen molar-refractivity contribution in [3.05, 3.63) is 23.9 Å². The second kappa shape index (κ2) is 7.44. The molecule has 8 heteroatoms. The summed E-state index contributed by atoms with van der Waals surface area (Å²) in [5.41, 5.74) is 0. The molecule has 0 aliphatic carbocycles. The molecule has 3 rings (SSSR count). The van der Waals surface area contributed by atoms with E-state index in [0.717, 1.165) is 55.8 Å². The summed E-state index contributed by atoms with van der Waals surface area (Å²) in [4.78, 5) is 6.92. The van der Waals surface area contributed by atoms with E-state index in [1.165, 1.54) is 0 Å². The maximum absolute atomic E-state index is 5.41. The summed E-state index contributed by atoms with van der Waals surface area (Å²) in [6.07, 6.45) is 3.96. The molecule has 1 aliphatic heterocycles. The third kappa shape index (κ3) is 3.92. The SMILES string of the molecule is CCS[C@@H](C)c1noc(CN2CCC(c3nncn3C)CC2)n1. The number of thioether (sulfide) groups is 1. The molecule has 2 aromatic rings. The lowest BCUT2D eigenvalue weighted by Gasteiger charge is -2.30. The molecule has 1 saturated heterocycles. The summed E-state index contributed by atoms with van der Waals surface area (Å²) in [5.74, 6) is 4.18. The van der Waals surface area contributed by atoms with Crippen LogP contribution in [0, 0.1) is 0 Å². The highest BCUT2D eigenvalue weighted by molar-refractivity contribution is 7.99. The number of rotatable bonds is 6. The molecule has 0 bridgehead atoms. The van der Waals surface area contributed by atoms with Crippen LogP contribution in [-0.2, 0) is 13.6 Å². The third-order valence-corrected chi connectivity index (χ3v) is 5.37. The number of aromatic nitrogens is 5. The van der Waals surface area contributed by atoms with E-state index in [1.54, 1.807) is 6.33 Å². The zero-order valence-corrected chi connectivity index (χ0v) is 14.8. The first kappa shape index (κ1) is 16.4. The molecule has 1 fully saturated rings. The molecule has 3 heterocycles. The minimum atomic E-state index is 0.291. The van der Waals surface area contributed by atoms with E-state index in [4.69, 9.17) is 4.52 Å². The summed E-state index contributed by atoms with van der Waals surface area (Å²) >= 11 is 1.83. The summed E-state index contributed by atoms with van der Waals surface area (Å²) in [6, 6.07) is 0. The van der Waals surface area contributed by atoms with Gasteiger partial charge in [-0.2, -0.15) is 16.7 Å². The van der Waals surface area contributed by atoms with E-state index in [-0.39, 0.29) is 0 Å². The molecule has 126 valence electrons. The van der Waals surface area contributed by atoms with Crippen molar-refractivity contribution in [3.8, 4) is 0 Å². The lowest BCUT2D eigenvalue weighted by molar-refractivity contribution is 0.177. The number of piperidine rings is 1. The second-order valence-corrected chi connectivity index (χ2v) is 7.61. The number of hydrogen-bond acceptors (Lipinski definition) is 7. The van der Waals surface area contributed by atoms with Crippen LogP contribution >= 0.6 is 11.8 Å². The molecule has 0 saturated carbocycles. The average Bonchev–Trinajstić information content (AvgIpc) is 3.18. The lowest BCUT2D eigenvalue weighted by Crippen LogP contribution is -2.33. The highest BCUT2D eigenvalue weighted by Crippen LogP contribution is 2.28. The van der Waals surface area contributed by atoms with Gasteiger partial charge in [-0.1, -0.05) is 12.1 Å². The highest BCUT2D eigenvalue weighted by Gasteiger charge is 2.25. The number of hydrogen-bond donors (Lipinski definition) is 0. The number of aryl methyl sites for hydroxylation is 1. The summed E-state index contributed by atoms with van der Waals surface area (Å²) in [6.45, 7) is 7.05. The largest absolute Gasteiger partial charge is 0.338 e. The fourth-order valence-electron chi connectivity index (χ4n) is 3.02. The normalized spacial score (nSPS) is 18.4. The molecule has 0 spiro atoms. The summed E-state index contributed by atoms with van der Waals surface area (Å²) < 4.78 is 7.44. The Morgan fingerprint density at radius 2 is 2.17 bits per heavy atom. The smallest absolute Gasteiger partial charge is 0.240 e. The predicted octanol–water partition coefficient (Wildman–Crippen LogP) is 2.39. The van der Waals surface area contributed by atoms with Gasteiger partial charge in [0.25, 0.3) is 0 Å². The van der Waals surface area contributed by atoms with Crippen LogP contribution < -0.4 is 0 Å². The van der Waals surface area contributed by atoms with Gasteiger partial charge in [0.2, 0.25) is 5.89 Å². The van der Waals surface area contributed by atoms with Gasteiger partial charge in [0, 0.05) is 13.0 Å². The van der Waals surface area contributed by atoms with Gasteiger partial charge in [-0.25, -0.2) is 0 Å². The van der Waals surface area contributed by atoms with Crippen molar-refractivity contribution in [1.82, 2.24) is 29.8 Å². The maximum Gasteiger partial charge on any atom is 0.240 e. The van der Waals surface area contributed by atoms with Gasteiger partial charge in [0.1, 0.15) is 12.2 Å². The topological polar surface area (TPSA) is 72.9 Å². The van der Waals surface area contributed by atoms with E-state index in [9.17, 15) is 0 Å². The molecule has 0 unspecified atom stereocenters. The minimum Gasteiger partial charge on any atom is -0.338 e. The molecular formula is C15H24N6OS. The van der Waals surface area contributed by atoms with Crippen LogP contribution in [0.25, 0.3) is 0 Å². The van der Waals surface area contributed by atoms with Crippen molar-refractivity contribution in [2.45, 2.75) is 44.4 Å². The van der Waals surface area contributed by atoms with E-state index in [1.807, 2.05) is 23.4 Å². The first-order valence-electron chi connectivity index (χ1n) is 8.17. The van der Waals surface area contributed by atoms with Gasteiger partial charge in [-0.3, -0.25) is 4.90 Å². The summed E-state index contributed by atoms with van der Waals surface area (Å²) in [7, 11) is 2.01. The predicted molar refractivity (Wildman–Crippen MR) is 89.1 cm³/mol. The molecule has 0 amide bonds. The van der Waals surface area contributed by atoms with Crippen LogP contribution in [-0.4, -0.2) is 48.6 Å². The zero-order chi connectivity index (χ0) is 16.2. The monoisotopic (exact) mass is 336 g/mol. The van der Waals surface area contributed by atoms with E-state index in [2.05, 4.69) is 39.1 Å². The molecule has 1 aliphatic rings. The quantitative estimate of drug-likeness (QED) is 0.802. The Balaban J connectivity index is 1.52. The molecule has 23 heavy (non-hydrogen) atoms. The van der Waals surface area contributed by atoms with Crippen LogP contribution in [0.1, 0.15) is 55.4 Å². The van der Waals surface area contributed by atoms with Crippen molar-refractivity contribution in [1.29, 1.82) is 0 Å². The first-order valence-corrected chi connectivity index (χ1v) is 9.22. The Bertz CT molecular complexity index is 619. The van der Waals surface area contributed by atoms with Crippen LogP contribution in [0.3, 0.4) is 0 Å². The molecule has 0 radical (unpaired) electrons. The molecule has 0 aromatic carbocycles. The van der Waals surface area contributed by atoms with Gasteiger partial charge < -0.3 is 9.09 Å². The molecule has 0 N–H and O–H groups in total. The van der Waals surface area contributed by atoms with Crippen molar-refractivity contribution in [3.63, 3.8) is 0 Å². The van der Waals surface area contributed by atoms with Gasteiger partial charge in [0.15, 0.2) is 5.82 Å². The number of nitrogens with zero attached hydrogens (tertiary/aromatic N) is 6. The first-order chi connectivity index (χ1) is 11.2. The Hall–Kier alpha value is -1.41. The van der Waals surface area contributed by atoms with Crippen LogP contribution in [0.15, 0.2) is 10.9 Å². The maximum atomic E-state index is 5.41.